The van der Waals surface area contributed by atoms with E-state index in [0.29, 0.717) is 6.54 Å². The molecule has 1 rings (SSSR count). The molecule has 0 aliphatic carbocycles. The Kier molecular flexibility index (Phi) is 4.60. The summed E-state index contributed by atoms with van der Waals surface area (Å²) in [6, 6.07) is 5.40. The van der Waals surface area contributed by atoms with Crippen molar-refractivity contribution < 1.29 is 13.2 Å². The zero-order chi connectivity index (χ0) is 13.8. The Hall–Kier alpha value is -1.70. The summed E-state index contributed by atoms with van der Waals surface area (Å²) in [5.74, 6) is 0. The van der Waals surface area contributed by atoms with E-state index < -0.39 is 11.7 Å². The molecule has 0 fully saturated rings. The zero-order valence-electron chi connectivity index (χ0n) is 10.4. The van der Waals surface area contributed by atoms with Crippen molar-refractivity contribution in [3.63, 3.8) is 0 Å². The molecule has 0 aromatic heterocycles. The Balaban J connectivity index is 3.15. The highest BCUT2D eigenvalue weighted by atomic mass is 19.4. The molecule has 18 heavy (non-hydrogen) atoms. The molecule has 0 amide bonds. The van der Waals surface area contributed by atoms with Gasteiger partial charge in [0.1, 0.15) is 0 Å². The highest BCUT2D eigenvalue weighted by molar-refractivity contribution is 5.57. The van der Waals surface area contributed by atoms with Crippen molar-refractivity contribution >= 4 is 5.69 Å². The number of hydrogen-bond acceptors (Lipinski definition) is 2. The number of rotatable bonds is 4. The van der Waals surface area contributed by atoms with Gasteiger partial charge in [0.2, 0.25) is 0 Å². The highest BCUT2D eigenvalue weighted by Gasteiger charge is 2.34. The first kappa shape index (κ1) is 14.4. The molecule has 1 aromatic rings. The first-order valence-corrected chi connectivity index (χ1v) is 5.72. The third kappa shape index (κ3) is 3.39. The maximum atomic E-state index is 12.9. The largest absolute Gasteiger partial charge is 0.418 e. The van der Waals surface area contributed by atoms with Crippen LogP contribution in [-0.2, 0) is 6.18 Å². The standard InChI is InChI=1S/C13H15F3N2/c1-3-4-7-18(2)12-6-5-10(9-17)8-11(12)13(14,15)16/h5-6,8H,3-4,7H2,1-2H3. The number of unbranched alkanes of at least 4 members (excludes halogenated alkanes) is 1. The summed E-state index contributed by atoms with van der Waals surface area (Å²) in [5.41, 5.74) is -0.606. The summed E-state index contributed by atoms with van der Waals surface area (Å²) >= 11 is 0. The summed E-state index contributed by atoms with van der Waals surface area (Å²) in [6.45, 7) is 2.54. The lowest BCUT2D eigenvalue weighted by Gasteiger charge is -2.23. The number of anilines is 1. The van der Waals surface area contributed by atoms with E-state index in [2.05, 4.69) is 0 Å². The van der Waals surface area contributed by atoms with Gasteiger partial charge in [-0.2, -0.15) is 18.4 Å². The Labute approximate surface area is 105 Å². The monoisotopic (exact) mass is 256 g/mol. The van der Waals surface area contributed by atoms with E-state index in [0.717, 1.165) is 18.9 Å². The van der Waals surface area contributed by atoms with Gasteiger partial charge in [-0.3, -0.25) is 0 Å². The fraction of sp³-hybridized carbons (Fsp3) is 0.462. The van der Waals surface area contributed by atoms with Crippen LogP contribution in [-0.4, -0.2) is 13.6 Å². The van der Waals surface area contributed by atoms with Crippen LogP contribution in [0.2, 0.25) is 0 Å². The molecular formula is C13H15F3N2. The Morgan fingerprint density at radius 2 is 2.00 bits per heavy atom. The van der Waals surface area contributed by atoms with Crippen molar-refractivity contribution in [2.45, 2.75) is 25.9 Å². The molecule has 0 N–H and O–H groups in total. The Bertz CT molecular complexity index is 447. The van der Waals surface area contributed by atoms with Gasteiger partial charge in [0.25, 0.3) is 0 Å². The third-order valence-electron chi connectivity index (χ3n) is 2.69. The van der Waals surface area contributed by atoms with Gasteiger partial charge in [-0.05, 0) is 24.6 Å². The number of alkyl halides is 3. The van der Waals surface area contributed by atoms with E-state index in [1.807, 2.05) is 6.92 Å². The summed E-state index contributed by atoms with van der Waals surface area (Å²) in [4.78, 5) is 1.58. The number of benzene rings is 1. The predicted octanol–water partition coefficient (Wildman–Crippen LogP) is 3.81. The van der Waals surface area contributed by atoms with Crippen LogP contribution in [0, 0.1) is 11.3 Å². The Morgan fingerprint density at radius 1 is 1.33 bits per heavy atom. The maximum absolute atomic E-state index is 12.9. The molecular weight excluding hydrogens is 241 g/mol. The SMILES string of the molecule is CCCCN(C)c1ccc(C#N)cc1C(F)(F)F. The molecule has 98 valence electrons. The van der Waals surface area contributed by atoms with Crippen LogP contribution in [0.4, 0.5) is 18.9 Å². The third-order valence-corrected chi connectivity index (χ3v) is 2.69. The molecule has 0 atom stereocenters. The van der Waals surface area contributed by atoms with Crippen LogP contribution >= 0.6 is 0 Å². The van der Waals surface area contributed by atoms with Gasteiger partial charge in [-0.25, -0.2) is 0 Å². The van der Waals surface area contributed by atoms with Gasteiger partial charge in [-0.1, -0.05) is 13.3 Å². The molecule has 0 heterocycles. The fourth-order valence-electron chi connectivity index (χ4n) is 1.68. The first-order chi connectivity index (χ1) is 8.40. The van der Waals surface area contributed by atoms with Crippen molar-refractivity contribution in [3.8, 4) is 6.07 Å². The van der Waals surface area contributed by atoms with Crippen LogP contribution in [0.15, 0.2) is 18.2 Å². The molecule has 0 unspecified atom stereocenters. The van der Waals surface area contributed by atoms with Crippen molar-refractivity contribution in [1.82, 2.24) is 0 Å². The molecule has 0 bridgehead atoms. The van der Waals surface area contributed by atoms with Gasteiger partial charge < -0.3 is 4.90 Å². The van der Waals surface area contributed by atoms with Crippen molar-refractivity contribution in [2.24, 2.45) is 0 Å². The van der Waals surface area contributed by atoms with Crippen molar-refractivity contribution in [2.75, 3.05) is 18.5 Å². The second-order valence-electron chi connectivity index (χ2n) is 4.12. The highest BCUT2D eigenvalue weighted by Crippen LogP contribution is 2.36. The van der Waals surface area contributed by atoms with Crippen LogP contribution in [0.5, 0.6) is 0 Å². The first-order valence-electron chi connectivity index (χ1n) is 5.72. The van der Waals surface area contributed by atoms with Crippen molar-refractivity contribution in [3.05, 3.63) is 29.3 Å². The van der Waals surface area contributed by atoms with Gasteiger partial charge in [-0.15, -0.1) is 0 Å². The van der Waals surface area contributed by atoms with Crippen LogP contribution in [0.3, 0.4) is 0 Å². The summed E-state index contributed by atoms with van der Waals surface area (Å²) in [7, 11) is 1.63. The molecule has 0 aliphatic rings. The summed E-state index contributed by atoms with van der Waals surface area (Å²) < 4.78 is 38.7. The molecule has 2 nitrogen and oxygen atoms in total. The van der Waals surface area contributed by atoms with Crippen LogP contribution in [0.1, 0.15) is 30.9 Å². The Morgan fingerprint density at radius 3 is 2.50 bits per heavy atom. The van der Waals surface area contributed by atoms with Gasteiger partial charge >= 0.3 is 6.18 Å². The fourth-order valence-corrected chi connectivity index (χ4v) is 1.68. The van der Waals surface area contributed by atoms with Gasteiger partial charge in [0, 0.05) is 19.3 Å². The lowest BCUT2D eigenvalue weighted by atomic mass is 10.1. The second kappa shape index (κ2) is 5.76. The zero-order valence-corrected chi connectivity index (χ0v) is 10.4. The molecule has 5 heteroatoms. The average molecular weight is 256 g/mol. The van der Waals surface area contributed by atoms with Crippen molar-refractivity contribution in [1.29, 1.82) is 5.26 Å². The van der Waals surface area contributed by atoms with Crippen LogP contribution in [0.25, 0.3) is 0 Å². The lowest BCUT2D eigenvalue weighted by molar-refractivity contribution is -0.137. The summed E-state index contributed by atoms with van der Waals surface area (Å²) in [5, 5.41) is 8.67. The van der Waals surface area contributed by atoms with E-state index in [1.54, 1.807) is 18.0 Å². The number of nitrogens with zero attached hydrogens (tertiary/aromatic N) is 2. The van der Waals surface area contributed by atoms with E-state index in [-0.39, 0.29) is 11.3 Å². The minimum atomic E-state index is -4.44. The molecule has 0 radical (unpaired) electrons. The minimum absolute atomic E-state index is 0.0231. The molecule has 0 saturated heterocycles. The lowest BCUT2D eigenvalue weighted by Crippen LogP contribution is -2.22. The molecule has 1 aromatic carbocycles. The minimum Gasteiger partial charge on any atom is -0.374 e. The summed E-state index contributed by atoms with van der Waals surface area (Å²) in [6.07, 6.45) is -2.70. The molecule has 0 saturated carbocycles. The quantitative estimate of drug-likeness (QED) is 0.819. The smallest absolute Gasteiger partial charge is 0.374 e. The molecule has 0 aliphatic heterocycles. The maximum Gasteiger partial charge on any atom is 0.418 e. The predicted molar refractivity (Wildman–Crippen MR) is 64.3 cm³/mol. The number of nitriles is 1. The number of hydrogen-bond donors (Lipinski definition) is 0. The normalized spacial score (nSPS) is 11.1. The van der Waals surface area contributed by atoms with E-state index in [4.69, 9.17) is 5.26 Å². The van der Waals surface area contributed by atoms with Gasteiger partial charge in [0.05, 0.1) is 17.2 Å². The van der Waals surface area contributed by atoms with Crippen LogP contribution < -0.4 is 4.90 Å². The van der Waals surface area contributed by atoms with Gasteiger partial charge in [0.15, 0.2) is 0 Å². The van der Waals surface area contributed by atoms with E-state index >= 15 is 0 Å². The topological polar surface area (TPSA) is 27.0 Å². The van der Waals surface area contributed by atoms with E-state index in [9.17, 15) is 13.2 Å². The average Bonchev–Trinajstić information content (AvgIpc) is 2.34. The second-order valence-corrected chi connectivity index (χ2v) is 4.12. The van der Waals surface area contributed by atoms with E-state index in [1.165, 1.54) is 12.1 Å². The number of halogens is 3. The molecule has 0 spiro atoms.